The van der Waals surface area contributed by atoms with Crippen LogP contribution < -0.4 is 5.32 Å². The lowest BCUT2D eigenvalue weighted by Gasteiger charge is -2.24. The summed E-state index contributed by atoms with van der Waals surface area (Å²) in [7, 11) is 0. The van der Waals surface area contributed by atoms with Crippen LogP contribution in [-0.4, -0.2) is 17.1 Å². The highest BCUT2D eigenvalue weighted by atomic mass is 16.3. The smallest absolute Gasteiger partial charge is 0.220 e. The first-order valence-corrected chi connectivity index (χ1v) is 7.81. The lowest BCUT2D eigenvalue weighted by molar-refractivity contribution is -0.123. The van der Waals surface area contributed by atoms with Crippen molar-refractivity contribution in [1.82, 2.24) is 5.32 Å². The van der Waals surface area contributed by atoms with E-state index in [1.54, 1.807) is 0 Å². The fourth-order valence-electron chi connectivity index (χ4n) is 3.41. The number of amides is 1. The summed E-state index contributed by atoms with van der Waals surface area (Å²) < 4.78 is 0. The van der Waals surface area contributed by atoms with Crippen LogP contribution in [0, 0.1) is 11.3 Å². The van der Waals surface area contributed by atoms with Gasteiger partial charge in [-0.05, 0) is 28.9 Å². The Hall–Kier alpha value is -1.35. The molecule has 2 N–H and O–H groups in total. The molecule has 0 aliphatic heterocycles. The number of aliphatic hydroxyl groups is 1. The molecule has 0 spiro atoms. The van der Waals surface area contributed by atoms with E-state index in [4.69, 9.17) is 0 Å². The van der Waals surface area contributed by atoms with Crippen LogP contribution in [0.4, 0.5) is 0 Å². The predicted molar refractivity (Wildman–Crippen MR) is 84.9 cm³/mol. The molecule has 1 aromatic rings. The molecule has 0 fully saturated rings. The van der Waals surface area contributed by atoms with Crippen LogP contribution in [-0.2, 0) is 11.2 Å². The molecule has 3 atom stereocenters. The fraction of sp³-hybridized carbons (Fsp3) is 0.611. The third kappa shape index (κ3) is 4.31. The van der Waals surface area contributed by atoms with Gasteiger partial charge < -0.3 is 10.4 Å². The summed E-state index contributed by atoms with van der Waals surface area (Å²) in [5.74, 6) is 0.381. The Morgan fingerprint density at radius 1 is 1.38 bits per heavy atom. The van der Waals surface area contributed by atoms with Gasteiger partial charge in [-0.1, -0.05) is 52.0 Å². The average molecular weight is 289 g/mol. The summed E-state index contributed by atoms with van der Waals surface area (Å²) in [6.07, 6.45) is 1.65. The van der Waals surface area contributed by atoms with Gasteiger partial charge in [0.25, 0.3) is 0 Å². The van der Waals surface area contributed by atoms with Crippen molar-refractivity contribution < 1.29 is 9.90 Å². The minimum Gasteiger partial charge on any atom is -0.390 e. The number of fused-ring (bicyclic) bond motifs is 1. The van der Waals surface area contributed by atoms with Crippen molar-refractivity contribution >= 4 is 5.91 Å². The minimum absolute atomic E-state index is 0.0347. The lowest BCUT2D eigenvalue weighted by atomic mass is 9.84. The Balaban J connectivity index is 1.94. The van der Waals surface area contributed by atoms with Gasteiger partial charge in [0.2, 0.25) is 5.91 Å². The van der Waals surface area contributed by atoms with E-state index in [2.05, 4.69) is 33.0 Å². The highest BCUT2D eigenvalue weighted by molar-refractivity contribution is 5.77. The molecule has 0 aromatic heterocycles. The molecule has 1 unspecified atom stereocenters. The van der Waals surface area contributed by atoms with Gasteiger partial charge in [-0.25, -0.2) is 0 Å². The summed E-state index contributed by atoms with van der Waals surface area (Å²) in [4.78, 5) is 12.2. The molecule has 1 aliphatic rings. The molecule has 0 saturated carbocycles. The van der Waals surface area contributed by atoms with Crippen LogP contribution in [0.15, 0.2) is 24.3 Å². The van der Waals surface area contributed by atoms with E-state index >= 15 is 0 Å². The summed E-state index contributed by atoms with van der Waals surface area (Å²) in [6.45, 7) is 8.69. The minimum atomic E-state index is -0.510. The molecule has 3 nitrogen and oxygen atoms in total. The molecule has 0 heterocycles. The Morgan fingerprint density at radius 3 is 2.71 bits per heavy atom. The van der Waals surface area contributed by atoms with Crippen molar-refractivity contribution in [2.45, 2.75) is 59.1 Å². The van der Waals surface area contributed by atoms with Gasteiger partial charge in [-0.3, -0.25) is 4.79 Å². The summed E-state index contributed by atoms with van der Waals surface area (Å²) in [5.41, 5.74) is 2.43. The molecule has 1 aliphatic carbocycles. The number of benzene rings is 1. The van der Waals surface area contributed by atoms with Crippen LogP contribution in [0.1, 0.15) is 57.7 Å². The third-order valence-electron chi connectivity index (χ3n) is 4.02. The second-order valence-electron chi connectivity index (χ2n) is 7.59. The first-order valence-electron chi connectivity index (χ1n) is 7.81. The highest BCUT2D eigenvalue weighted by Crippen LogP contribution is 2.32. The van der Waals surface area contributed by atoms with Gasteiger partial charge in [0.15, 0.2) is 0 Å². The number of aliphatic hydroxyl groups excluding tert-OH is 1. The van der Waals surface area contributed by atoms with E-state index < -0.39 is 6.10 Å². The zero-order valence-corrected chi connectivity index (χ0v) is 13.5. The van der Waals surface area contributed by atoms with Gasteiger partial charge >= 0.3 is 0 Å². The Bertz CT molecular complexity index is 504. The SMILES string of the molecule is CC(CC(=O)N[C@H]1c2ccccc2C[C@H]1O)CC(C)(C)C. The molecular weight excluding hydrogens is 262 g/mol. The van der Waals surface area contributed by atoms with Gasteiger partial charge in [-0.15, -0.1) is 0 Å². The maximum atomic E-state index is 12.2. The van der Waals surface area contributed by atoms with E-state index in [1.165, 1.54) is 0 Å². The molecule has 0 radical (unpaired) electrons. The van der Waals surface area contributed by atoms with Crippen LogP contribution in [0.25, 0.3) is 0 Å². The number of carbonyl (C=O) groups is 1. The standard InChI is InChI=1S/C18H27NO2/c1-12(11-18(2,3)4)9-16(21)19-17-14-8-6-5-7-13(14)10-15(17)20/h5-8,12,15,17,20H,9-11H2,1-4H3,(H,19,21)/t12?,15-,17+/m1/s1. The zero-order valence-electron chi connectivity index (χ0n) is 13.5. The maximum absolute atomic E-state index is 12.2. The van der Waals surface area contributed by atoms with E-state index in [1.807, 2.05) is 24.3 Å². The summed E-state index contributed by atoms with van der Waals surface area (Å²) in [6, 6.07) is 7.69. The third-order valence-corrected chi connectivity index (χ3v) is 4.02. The van der Waals surface area contributed by atoms with Crippen LogP contribution >= 0.6 is 0 Å². The first kappa shape index (κ1) is 16.0. The van der Waals surface area contributed by atoms with Crippen molar-refractivity contribution in [2.24, 2.45) is 11.3 Å². The van der Waals surface area contributed by atoms with Crippen LogP contribution in [0.5, 0.6) is 0 Å². The topological polar surface area (TPSA) is 49.3 Å². The molecule has 3 heteroatoms. The number of nitrogens with one attached hydrogen (secondary N) is 1. The Labute approximate surface area is 127 Å². The van der Waals surface area contributed by atoms with E-state index in [-0.39, 0.29) is 17.4 Å². The first-order chi connectivity index (χ1) is 9.76. The summed E-state index contributed by atoms with van der Waals surface area (Å²) in [5, 5.41) is 13.2. The Morgan fingerprint density at radius 2 is 2.05 bits per heavy atom. The van der Waals surface area contributed by atoms with E-state index in [0.29, 0.717) is 18.8 Å². The van der Waals surface area contributed by atoms with Gasteiger partial charge in [0, 0.05) is 12.8 Å². The maximum Gasteiger partial charge on any atom is 0.220 e. The van der Waals surface area contributed by atoms with Crippen molar-refractivity contribution in [3.8, 4) is 0 Å². The van der Waals surface area contributed by atoms with Gasteiger partial charge in [0.05, 0.1) is 12.1 Å². The normalized spacial score (nSPS) is 22.7. The molecule has 2 rings (SSSR count). The van der Waals surface area contributed by atoms with Gasteiger partial charge in [-0.2, -0.15) is 0 Å². The fourth-order valence-corrected chi connectivity index (χ4v) is 3.41. The van der Waals surface area contributed by atoms with Crippen LogP contribution in [0.2, 0.25) is 0 Å². The van der Waals surface area contributed by atoms with Crippen molar-refractivity contribution in [2.75, 3.05) is 0 Å². The van der Waals surface area contributed by atoms with E-state index in [9.17, 15) is 9.90 Å². The molecule has 1 aromatic carbocycles. The number of rotatable bonds is 4. The average Bonchev–Trinajstić information content (AvgIpc) is 2.63. The van der Waals surface area contributed by atoms with Crippen LogP contribution in [0.3, 0.4) is 0 Å². The van der Waals surface area contributed by atoms with E-state index in [0.717, 1.165) is 17.5 Å². The highest BCUT2D eigenvalue weighted by Gasteiger charge is 2.32. The largest absolute Gasteiger partial charge is 0.390 e. The number of hydrogen-bond donors (Lipinski definition) is 2. The van der Waals surface area contributed by atoms with Crippen molar-refractivity contribution in [3.05, 3.63) is 35.4 Å². The van der Waals surface area contributed by atoms with Gasteiger partial charge in [0.1, 0.15) is 0 Å². The molecular formula is C18H27NO2. The zero-order chi connectivity index (χ0) is 15.6. The Kier molecular flexibility index (Phi) is 4.72. The monoisotopic (exact) mass is 289 g/mol. The number of hydrogen-bond acceptors (Lipinski definition) is 2. The molecule has 0 bridgehead atoms. The summed E-state index contributed by atoms with van der Waals surface area (Å²) >= 11 is 0. The molecule has 116 valence electrons. The quantitative estimate of drug-likeness (QED) is 0.894. The predicted octanol–water partition coefficient (Wildman–Crippen LogP) is 3.22. The second kappa shape index (κ2) is 6.18. The molecule has 1 amide bonds. The second-order valence-corrected chi connectivity index (χ2v) is 7.59. The lowest BCUT2D eigenvalue weighted by Crippen LogP contribution is -2.34. The molecule has 0 saturated heterocycles. The number of carbonyl (C=O) groups excluding carboxylic acids is 1. The molecule has 21 heavy (non-hydrogen) atoms. The van der Waals surface area contributed by atoms with Crippen molar-refractivity contribution in [1.29, 1.82) is 0 Å². The van der Waals surface area contributed by atoms with Crippen molar-refractivity contribution in [3.63, 3.8) is 0 Å².